The Balaban J connectivity index is 3.03. The molecule has 0 spiro atoms. The monoisotopic (exact) mass is 201 g/mol. The van der Waals surface area contributed by atoms with E-state index >= 15 is 0 Å². The summed E-state index contributed by atoms with van der Waals surface area (Å²) in [6.07, 6.45) is 0. The standard InChI is InChI=1S/C9H12ClNO2/c1-13-6-2-3-8(10)7(4-6)9(11)5-12/h2-4,9,12H,5,11H2,1H3/t9-/m1/s1. The molecule has 0 aliphatic carbocycles. The minimum Gasteiger partial charge on any atom is -0.497 e. The van der Waals surface area contributed by atoms with Crippen LogP contribution in [0.25, 0.3) is 0 Å². The first kappa shape index (κ1) is 10.3. The van der Waals surface area contributed by atoms with Crippen molar-refractivity contribution in [2.45, 2.75) is 6.04 Å². The lowest BCUT2D eigenvalue weighted by Gasteiger charge is -2.11. The molecule has 0 aliphatic heterocycles. The molecule has 72 valence electrons. The van der Waals surface area contributed by atoms with E-state index in [0.717, 1.165) is 0 Å². The third-order valence-electron chi connectivity index (χ3n) is 1.80. The van der Waals surface area contributed by atoms with Crippen LogP contribution in [0.2, 0.25) is 5.02 Å². The van der Waals surface area contributed by atoms with Gasteiger partial charge in [-0.1, -0.05) is 11.6 Å². The summed E-state index contributed by atoms with van der Waals surface area (Å²) in [6.45, 7) is -0.132. The van der Waals surface area contributed by atoms with Crippen molar-refractivity contribution in [1.82, 2.24) is 0 Å². The molecule has 0 heterocycles. The van der Waals surface area contributed by atoms with Crippen LogP contribution in [0.4, 0.5) is 0 Å². The average Bonchev–Trinajstić information content (AvgIpc) is 2.17. The van der Waals surface area contributed by atoms with Gasteiger partial charge >= 0.3 is 0 Å². The van der Waals surface area contributed by atoms with Gasteiger partial charge in [0.25, 0.3) is 0 Å². The second kappa shape index (κ2) is 4.46. The van der Waals surface area contributed by atoms with Crippen molar-refractivity contribution in [2.24, 2.45) is 5.73 Å². The maximum atomic E-state index is 8.85. The Morgan fingerprint density at radius 3 is 2.85 bits per heavy atom. The van der Waals surface area contributed by atoms with Gasteiger partial charge in [0, 0.05) is 5.02 Å². The molecule has 0 aliphatic rings. The van der Waals surface area contributed by atoms with Crippen molar-refractivity contribution in [3.8, 4) is 5.75 Å². The smallest absolute Gasteiger partial charge is 0.119 e. The molecule has 0 fully saturated rings. The van der Waals surface area contributed by atoms with Gasteiger partial charge < -0.3 is 15.6 Å². The Kier molecular flexibility index (Phi) is 3.54. The van der Waals surface area contributed by atoms with Gasteiger partial charge in [-0.05, 0) is 23.8 Å². The lowest BCUT2D eigenvalue weighted by molar-refractivity contribution is 0.267. The fourth-order valence-electron chi connectivity index (χ4n) is 1.03. The average molecular weight is 202 g/mol. The summed E-state index contributed by atoms with van der Waals surface area (Å²) in [4.78, 5) is 0. The Morgan fingerprint density at radius 2 is 2.31 bits per heavy atom. The third-order valence-corrected chi connectivity index (χ3v) is 2.14. The summed E-state index contributed by atoms with van der Waals surface area (Å²) < 4.78 is 5.01. The molecule has 3 N–H and O–H groups in total. The predicted molar refractivity (Wildman–Crippen MR) is 52.0 cm³/mol. The molecular formula is C9H12ClNO2. The van der Waals surface area contributed by atoms with E-state index in [2.05, 4.69) is 0 Å². The summed E-state index contributed by atoms with van der Waals surface area (Å²) in [5.41, 5.74) is 6.33. The van der Waals surface area contributed by atoms with Gasteiger partial charge in [0.2, 0.25) is 0 Å². The molecule has 0 amide bonds. The lowest BCUT2D eigenvalue weighted by Crippen LogP contribution is -2.14. The summed E-state index contributed by atoms with van der Waals surface area (Å²) >= 11 is 5.88. The molecule has 0 saturated carbocycles. The zero-order valence-electron chi connectivity index (χ0n) is 7.33. The summed E-state index contributed by atoms with van der Waals surface area (Å²) in [6, 6.07) is 4.72. The zero-order chi connectivity index (χ0) is 9.84. The first-order chi connectivity index (χ1) is 6.19. The molecule has 0 aromatic heterocycles. The SMILES string of the molecule is COc1ccc(Cl)c([C@H](N)CO)c1. The Labute approximate surface area is 82.1 Å². The van der Waals surface area contributed by atoms with Gasteiger partial charge in [-0.25, -0.2) is 0 Å². The van der Waals surface area contributed by atoms with E-state index in [1.807, 2.05) is 0 Å². The maximum absolute atomic E-state index is 8.85. The van der Waals surface area contributed by atoms with E-state index in [-0.39, 0.29) is 6.61 Å². The van der Waals surface area contributed by atoms with E-state index in [1.54, 1.807) is 25.3 Å². The van der Waals surface area contributed by atoms with Crippen LogP contribution < -0.4 is 10.5 Å². The molecule has 1 atom stereocenters. The van der Waals surface area contributed by atoms with Crippen LogP contribution in [-0.2, 0) is 0 Å². The Hall–Kier alpha value is -0.770. The van der Waals surface area contributed by atoms with Crippen LogP contribution in [0.5, 0.6) is 5.75 Å². The van der Waals surface area contributed by atoms with Crippen molar-refractivity contribution in [3.05, 3.63) is 28.8 Å². The van der Waals surface area contributed by atoms with E-state index in [9.17, 15) is 0 Å². The quantitative estimate of drug-likeness (QED) is 0.776. The Morgan fingerprint density at radius 1 is 1.62 bits per heavy atom. The molecule has 0 radical (unpaired) electrons. The number of nitrogens with two attached hydrogens (primary N) is 1. The normalized spacial score (nSPS) is 12.6. The van der Waals surface area contributed by atoms with E-state index in [1.165, 1.54) is 0 Å². The van der Waals surface area contributed by atoms with Crippen LogP contribution in [0.1, 0.15) is 11.6 Å². The Bertz CT molecular complexity index is 291. The van der Waals surface area contributed by atoms with Crippen LogP contribution in [0, 0.1) is 0 Å². The van der Waals surface area contributed by atoms with Crippen molar-refractivity contribution in [3.63, 3.8) is 0 Å². The van der Waals surface area contributed by atoms with Gasteiger partial charge in [0.05, 0.1) is 19.8 Å². The third kappa shape index (κ3) is 2.34. The van der Waals surface area contributed by atoms with Crippen LogP contribution in [0.3, 0.4) is 0 Å². The van der Waals surface area contributed by atoms with Crippen molar-refractivity contribution >= 4 is 11.6 Å². The van der Waals surface area contributed by atoms with Crippen molar-refractivity contribution in [1.29, 1.82) is 0 Å². The molecule has 0 unspecified atom stereocenters. The number of halogens is 1. The molecule has 1 rings (SSSR count). The maximum Gasteiger partial charge on any atom is 0.119 e. The number of rotatable bonds is 3. The number of aliphatic hydroxyl groups is 1. The molecular weight excluding hydrogens is 190 g/mol. The highest BCUT2D eigenvalue weighted by molar-refractivity contribution is 6.31. The minimum atomic E-state index is -0.456. The number of hydrogen-bond acceptors (Lipinski definition) is 3. The van der Waals surface area contributed by atoms with Crippen LogP contribution in [0.15, 0.2) is 18.2 Å². The number of benzene rings is 1. The number of aliphatic hydroxyl groups excluding tert-OH is 1. The molecule has 13 heavy (non-hydrogen) atoms. The van der Waals surface area contributed by atoms with Gasteiger partial charge in [0.15, 0.2) is 0 Å². The highest BCUT2D eigenvalue weighted by Crippen LogP contribution is 2.25. The summed E-state index contributed by atoms with van der Waals surface area (Å²) in [7, 11) is 1.57. The van der Waals surface area contributed by atoms with Crippen LogP contribution in [-0.4, -0.2) is 18.8 Å². The van der Waals surface area contributed by atoms with Gasteiger partial charge in [-0.3, -0.25) is 0 Å². The summed E-state index contributed by atoms with van der Waals surface area (Å²) in [5.74, 6) is 0.684. The second-order valence-corrected chi connectivity index (χ2v) is 3.08. The molecule has 0 bridgehead atoms. The van der Waals surface area contributed by atoms with Crippen LogP contribution >= 0.6 is 11.6 Å². The number of hydrogen-bond donors (Lipinski definition) is 2. The largest absolute Gasteiger partial charge is 0.497 e. The van der Waals surface area contributed by atoms with Gasteiger partial charge in [-0.2, -0.15) is 0 Å². The van der Waals surface area contributed by atoms with Gasteiger partial charge in [-0.15, -0.1) is 0 Å². The van der Waals surface area contributed by atoms with E-state index in [0.29, 0.717) is 16.3 Å². The highest BCUT2D eigenvalue weighted by atomic mass is 35.5. The molecule has 4 heteroatoms. The second-order valence-electron chi connectivity index (χ2n) is 2.68. The van der Waals surface area contributed by atoms with Crippen molar-refractivity contribution < 1.29 is 9.84 Å². The lowest BCUT2D eigenvalue weighted by atomic mass is 10.1. The molecule has 1 aromatic carbocycles. The molecule has 3 nitrogen and oxygen atoms in total. The first-order valence-corrected chi connectivity index (χ1v) is 4.26. The first-order valence-electron chi connectivity index (χ1n) is 3.89. The molecule has 0 saturated heterocycles. The van der Waals surface area contributed by atoms with Crippen molar-refractivity contribution in [2.75, 3.05) is 13.7 Å². The zero-order valence-corrected chi connectivity index (χ0v) is 8.08. The topological polar surface area (TPSA) is 55.5 Å². The van der Waals surface area contributed by atoms with E-state index in [4.69, 9.17) is 27.2 Å². The fraction of sp³-hybridized carbons (Fsp3) is 0.333. The van der Waals surface area contributed by atoms with Gasteiger partial charge in [0.1, 0.15) is 5.75 Å². The minimum absolute atomic E-state index is 0.132. The highest BCUT2D eigenvalue weighted by Gasteiger charge is 2.09. The predicted octanol–water partition coefficient (Wildman–Crippen LogP) is 1.34. The fourth-order valence-corrected chi connectivity index (χ4v) is 1.29. The number of methoxy groups -OCH3 is 1. The molecule has 1 aromatic rings. The number of ether oxygens (including phenoxy) is 1. The van der Waals surface area contributed by atoms with E-state index < -0.39 is 6.04 Å². The summed E-state index contributed by atoms with van der Waals surface area (Å²) in [5, 5.41) is 9.40.